The summed E-state index contributed by atoms with van der Waals surface area (Å²) in [5, 5.41) is 0. The van der Waals surface area contributed by atoms with E-state index >= 15 is 0 Å². The van der Waals surface area contributed by atoms with Gasteiger partial charge in [-0.05, 0) is 0 Å². The zero-order valence-electron chi connectivity index (χ0n) is 3.67. The van der Waals surface area contributed by atoms with Gasteiger partial charge in [0.05, 0.1) is 0 Å². The largest absolute Gasteiger partial charge is 4.00 e. The van der Waals surface area contributed by atoms with E-state index in [1.807, 2.05) is 0 Å². The van der Waals surface area contributed by atoms with Crippen LogP contribution in [0.2, 0.25) is 0 Å². The molecule has 0 fully saturated rings. The predicted molar refractivity (Wildman–Crippen MR) is 12.9 cm³/mol. The van der Waals surface area contributed by atoms with E-state index in [1.165, 1.54) is 0 Å². The van der Waals surface area contributed by atoms with Gasteiger partial charge in [-0.3, -0.25) is 0 Å². The van der Waals surface area contributed by atoms with Crippen LogP contribution < -0.4 is 13.9 Å². The van der Waals surface area contributed by atoms with Gasteiger partial charge in [-0.15, -0.1) is 0 Å². The second kappa shape index (κ2) is 12.4. The van der Waals surface area contributed by atoms with Crippen LogP contribution in [0.1, 0.15) is 0 Å². The van der Waals surface area contributed by atoms with Crippen LogP contribution in [0, 0.1) is 0 Å². The van der Waals surface area contributed by atoms with E-state index in [-0.39, 0.29) is 21.1 Å². The first-order valence-corrected chi connectivity index (χ1v) is 6.71. The van der Waals surface area contributed by atoms with Crippen molar-refractivity contribution in [1.29, 1.82) is 0 Å². The van der Waals surface area contributed by atoms with Crippen LogP contribution in [0.4, 0.5) is 0 Å². The van der Waals surface area contributed by atoms with Crippen molar-refractivity contribution in [1.82, 2.24) is 0 Å². The molecule has 0 aromatic heterocycles. The summed E-state index contributed by atoms with van der Waals surface area (Å²) in [7, 11) is 0. The van der Waals surface area contributed by atoms with Gasteiger partial charge in [-0.2, -0.15) is 0 Å². The van der Waals surface area contributed by atoms with Gasteiger partial charge < -0.3 is 0 Å². The molecule has 9 heavy (non-hydrogen) atoms. The number of hydrogen-bond acceptors (Lipinski definition) is 6. The minimum Gasteiger partial charge on any atom is 4.00 e. The molecule has 54 valence electrons. The summed E-state index contributed by atoms with van der Waals surface area (Å²) in [6.07, 6.45) is 0. The van der Waals surface area contributed by atoms with E-state index in [0.29, 0.717) is 0 Å². The maximum atomic E-state index is 8.59. The van der Waals surface area contributed by atoms with Crippen molar-refractivity contribution in [2.24, 2.45) is 0 Å². The minimum absolute atomic E-state index is 0. The molecule has 0 aromatic carbocycles. The Kier molecular flexibility index (Phi) is 23.4. The maximum absolute atomic E-state index is 8.59. The van der Waals surface area contributed by atoms with Gasteiger partial charge in [0.25, 0.3) is 0 Å². The molecule has 0 saturated heterocycles. The zero-order chi connectivity index (χ0) is 7.15. The van der Waals surface area contributed by atoms with Crippen molar-refractivity contribution in [3.63, 3.8) is 0 Å². The molecule has 0 aliphatic carbocycles. The van der Waals surface area contributed by atoms with Crippen LogP contribution in [0.5, 0.6) is 0 Å². The standard InChI is InChI=1S/2H2O3Te.W/c2*1-4(2)3;/h2*(H2,1,2,3);/q;;+4/p-4. The Labute approximate surface area is 81.0 Å². The van der Waals surface area contributed by atoms with Gasteiger partial charge in [0.2, 0.25) is 0 Å². The van der Waals surface area contributed by atoms with E-state index in [1.54, 1.807) is 0 Å². The van der Waals surface area contributed by atoms with Gasteiger partial charge in [0.1, 0.15) is 0 Å². The molecule has 9 heteroatoms. The fourth-order valence-electron chi connectivity index (χ4n) is 0. The topological polar surface area (TPSA) is 126 Å². The van der Waals surface area contributed by atoms with Crippen LogP contribution in [-0.4, -0.2) is 40.7 Å². The fraction of sp³-hybridized carbons (Fsp3) is 0. The molecule has 6 nitrogen and oxygen atoms in total. The molecule has 0 aliphatic heterocycles. The van der Waals surface area contributed by atoms with Crippen LogP contribution in [-0.2, 0) is 27.3 Å². The predicted octanol–water partition coefficient (Wildman–Crippen LogP) is -5.76. The van der Waals surface area contributed by atoms with Gasteiger partial charge in [-0.1, -0.05) is 0 Å². The van der Waals surface area contributed by atoms with Crippen LogP contribution in [0.25, 0.3) is 0 Å². The third-order valence-electron chi connectivity index (χ3n) is 0. The SMILES string of the molecule is O=[Te]([O-])[O-].O=[Te]([O-])[O-].[W+4]. The molecule has 0 aromatic rings. The van der Waals surface area contributed by atoms with E-state index in [4.69, 9.17) is 20.1 Å². The van der Waals surface area contributed by atoms with Crippen molar-refractivity contribution in [3.05, 3.63) is 0 Å². The molecule has 0 spiro atoms. The molecule has 0 unspecified atom stereocenters. The van der Waals surface area contributed by atoms with Gasteiger partial charge in [0.15, 0.2) is 0 Å². The minimum atomic E-state index is -4.11. The van der Waals surface area contributed by atoms with Crippen molar-refractivity contribution < 1.29 is 41.2 Å². The quantitative estimate of drug-likeness (QED) is 0.285. The Hall–Kier alpha value is 1.71. The van der Waals surface area contributed by atoms with Crippen molar-refractivity contribution in [3.8, 4) is 0 Å². The van der Waals surface area contributed by atoms with Crippen LogP contribution >= 0.6 is 0 Å². The van der Waals surface area contributed by atoms with E-state index < -0.39 is 40.7 Å². The first-order chi connectivity index (χ1) is 3.46. The summed E-state index contributed by atoms with van der Waals surface area (Å²) in [6, 6.07) is 0. The molecule has 0 rings (SSSR count). The molecule has 0 bridgehead atoms. The Morgan fingerprint density at radius 3 is 0.778 bits per heavy atom. The van der Waals surface area contributed by atoms with Crippen molar-refractivity contribution >= 4 is 40.7 Å². The molecular weight excluding hydrogens is 535 g/mol. The van der Waals surface area contributed by atoms with Crippen LogP contribution in [0.15, 0.2) is 0 Å². The normalized spacial score (nSPS) is 7.78. The molecule has 0 amide bonds. The Morgan fingerprint density at radius 1 is 0.778 bits per heavy atom. The molecular formula is O6Te2W. The summed E-state index contributed by atoms with van der Waals surface area (Å²) in [5.74, 6) is 0. The monoisotopic (exact) mass is 540 g/mol. The summed E-state index contributed by atoms with van der Waals surface area (Å²) >= 11 is -8.21. The third-order valence-corrected chi connectivity index (χ3v) is 0. The third kappa shape index (κ3) is 198. The molecule has 0 atom stereocenters. The Balaban J connectivity index is -0.0000000720. The second-order valence-electron chi connectivity index (χ2n) is 0.408. The van der Waals surface area contributed by atoms with Gasteiger partial charge in [-0.25, -0.2) is 0 Å². The number of rotatable bonds is 0. The van der Waals surface area contributed by atoms with E-state index in [2.05, 4.69) is 0 Å². The summed E-state index contributed by atoms with van der Waals surface area (Å²) in [6.45, 7) is 0. The average molecular weight is 535 g/mol. The molecule has 0 N–H and O–H groups in total. The molecule has 0 saturated carbocycles. The fourth-order valence-corrected chi connectivity index (χ4v) is 0. The Morgan fingerprint density at radius 2 is 0.778 bits per heavy atom. The maximum Gasteiger partial charge on any atom is 4.00 e. The van der Waals surface area contributed by atoms with E-state index in [9.17, 15) is 0 Å². The number of hydrogen-bond donors (Lipinski definition) is 0. The second-order valence-corrected chi connectivity index (χ2v) is 2.74. The first kappa shape index (κ1) is 17.0. The van der Waals surface area contributed by atoms with Crippen molar-refractivity contribution in [2.75, 3.05) is 0 Å². The van der Waals surface area contributed by atoms with Crippen molar-refractivity contribution in [2.45, 2.75) is 0 Å². The molecule has 0 aliphatic rings. The molecule has 0 heterocycles. The summed E-state index contributed by atoms with van der Waals surface area (Å²) in [5.41, 5.74) is 0. The van der Waals surface area contributed by atoms with Gasteiger partial charge >= 0.3 is 81.9 Å². The summed E-state index contributed by atoms with van der Waals surface area (Å²) in [4.78, 5) is 0. The molecule has 0 radical (unpaired) electrons. The first-order valence-electron chi connectivity index (χ1n) is 1.00. The van der Waals surface area contributed by atoms with E-state index in [0.717, 1.165) is 0 Å². The van der Waals surface area contributed by atoms with Gasteiger partial charge in [0, 0.05) is 0 Å². The Bertz CT molecular complexity index is 69.1. The smallest absolute Gasteiger partial charge is 4.00 e. The zero-order valence-corrected chi connectivity index (χ0v) is 11.3. The van der Waals surface area contributed by atoms with Crippen LogP contribution in [0.3, 0.4) is 0 Å². The average Bonchev–Trinajstić information content (AvgIpc) is 1.25. The summed E-state index contributed by atoms with van der Waals surface area (Å²) < 4.78 is 51.5.